The molecule has 8 heteroatoms. The first-order chi connectivity index (χ1) is 11.4. The Morgan fingerprint density at radius 1 is 1.40 bits per heavy atom. The van der Waals surface area contributed by atoms with Crippen molar-refractivity contribution in [2.24, 2.45) is 4.99 Å². The Balaban J connectivity index is 0.00000576. The van der Waals surface area contributed by atoms with E-state index in [0.29, 0.717) is 19.0 Å². The van der Waals surface area contributed by atoms with E-state index in [0.717, 1.165) is 0 Å². The van der Waals surface area contributed by atoms with Gasteiger partial charge in [-0.1, -0.05) is 18.2 Å². The second-order valence-corrected chi connectivity index (χ2v) is 5.36. The summed E-state index contributed by atoms with van der Waals surface area (Å²) in [6.07, 6.45) is 1.40. The monoisotopic (exact) mass is 464 g/mol. The number of carbonyl (C=O) groups is 1. The van der Waals surface area contributed by atoms with Crippen LogP contribution in [0.1, 0.15) is 6.92 Å². The van der Waals surface area contributed by atoms with Crippen LogP contribution < -0.4 is 15.4 Å². The molecule has 1 aromatic rings. The van der Waals surface area contributed by atoms with Gasteiger partial charge in [0.05, 0.1) is 6.54 Å². The molecule has 0 radical (unpaired) electrons. The van der Waals surface area contributed by atoms with E-state index in [1.54, 1.807) is 38.4 Å². The number of benzene rings is 1. The van der Waals surface area contributed by atoms with Crippen LogP contribution in [0.5, 0.6) is 5.75 Å². The molecule has 0 heterocycles. The molecule has 0 aliphatic heterocycles. The number of para-hydroxylation sites is 1. The molecular weight excluding hydrogens is 438 g/mol. The zero-order valence-electron chi connectivity index (χ0n) is 14.8. The number of aliphatic imine (C=N–C) groups is 1. The third-order valence-corrected chi connectivity index (χ3v) is 3.01. The number of amides is 1. The fourth-order valence-electron chi connectivity index (χ4n) is 1.67. The van der Waals surface area contributed by atoms with Crippen molar-refractivity contribution in [1.82, 2.24) is 15.5 Å². The van der Waals surface area contributed by atoms with Crippen LogP contribution in [0.2, 0.25) is 0 Å². The molecule has 0 spiro atoms. The number of guanidine groups is 1. The number of hydrogen-bond acceptors (Lipinski definition) is 3. The molecule has 0 fully saturated rings. The number of halogens is 2. The Hall–Kier alpha value is -1.84. The highest BCUT2D eigenvalue weighted by Gasteiger charge is 2.09. The zero-order chi connectivity index (χ0) is 17.9. The van der Waals surface area contributed by atoms with Gasteiger partial charge in [0.15, 0.2) is 17.5 Å². The van der Waals surface area contributed by atoms with E-state index in [9.17, 15) is 9.18 Å². The van der Waals surface area contributed by atoms with Crippen LogP contribution in [-0.2, 0) is 4.79 Å². The number of ether oxygens (including phenoxy) is 1. The molecular formula is C17H26FIN4O2. The molecule has 6 nitrogen and oxygen atoms in total. The normalized spacial score (nSPS) is 11.8. The van der Waals surface area contributed by atoms with E-state index in [2.05, 4.69) is 22.2 Å². The van der Waals surface area contributed by atoms with Gasteiger partial charge in [-0.2, -0.15) is 0 Å². The number of likely N-dealkylation sites (N-methyl/N-ethyl adjacent to an activating group) is 1. The quantitative estimate of drug-likeness (QED) is 0.268. The van der Waals surface area contributed by atoms with Crippen LogP contribution in [0, 0.1) is 5.82 Å². The van der Waals surface area contributed by atoms with Crippen LogP contribution in [0.15, 0.2) is 41.9 Å². The fourth-order valence-corrected chi connectivity index (χ4v) is 1.67. The molecule has 0 saturated carbocycles. The number of nitrogens with one attached hydrogen (secondary N) is 2. The minimum Gasteiger partial charge on any atom is -0.486 e. The third kappa shape index (κ3) is 9.28. The average molecular weight is 464 g/mol. The first-order valence-electron chi connectivity index (χ1n) is 7.68. The zero-order valence-corrected chi connectivity index (χ0v) is 17.1. The van der Waals surface area contributed by atoms with Gasteiger partial charge >= 0.3 is 0 Å². The van der Waals surface area contributed by atoms with Gasteiger partial charge in [-0.15, -0.1) is 30.6 Å². The molecule has 1 rings (SSSR count). The second kappa shape index (κ2) is 12.5. The van der Waals surface area contributed by atoms with E-state index < -0.39 is 5.82 Å². The molecule has 1 aromatic carbocycles. The van der Waals surface area contributed by atoms with Crippen molar-refractivity contribution in [2.45, 2.75) is 13.0 Å². The lowest BCUT2D eigenvalue weighted by Gasteiger charge is -2.18. The topological polar surface area (TPSA) is 66.0 Å². The van der Waals surface area contributed by atoms with Crippen molar-refractivity contribution in [3.63, 3.8) is 0 Å². The second-order valence-electron chi connectivity index (χ2n) is 5.36. The van der Waals surface area contributed by atoms with Crippen molar-refractivity contribution in [1.29, 1.82) is 0 Å². The highest BCUT2D eigenvalue weighted by Crippen LogP contribution is 2.16. The highest BCUT2D eigenvalue weighted by atomic mass is 127. The predicted octanol–water partition coefficient (Wildman–Crippen LogP) is 2.02. The van der Waals surface area contributed by atoms with Crippen molar-refractivity contribution in [3.05, 3.63) is 42.7 Å². The van der Waals surface area contributed by atoms with Crippen LogP contribution in [0.4, 0.5) is 4.39 Å². The summed E-state index contributed by atoms with van der Waals surface area (Å²) >= 11 is 0. The number of hydrogen-bond donors (Lipinski definition) is 2. The molecule has 0 aliphatic carbocycles. The van der Waals surface area contributed by atoms with Crippen LogP contribution in [0.25, 0.3) is 0 Å². The van der Waals surface area contributed by atoms with Gasteiger partial charge in [0, 0.05) is 20.6 Å². The summed E-state index contributed by atoms with van der Waals surface area (Å²) in [5, 5.41) is 6.08. The molecule has 0 aromatic heterocycles. The number of rotatable bonds is 8. The Kier molecular flexibility index (Phi) is 11.6. The summed E-state index contributed by atoms with van der Waals surface area (Å²) in [5.41, 5.74) is 0. The van der Waals surface area contributed by atoms with Crippen molar-refractivity contribution < 1.29 is 13.9 Å². The standard InChI is InChI=1S/C17H25FN4O2.HI/c1-5-10-19-17(21-12-16(23)22(3)4)20-11-13(2)24-15-9-7-6-8-14(15)18;/h5-9,13H,1,10-12H2,2-4H3,(H2,19,20,21);1H. The summed E-state index contributed by atoms with van der Waals surface area (Å²) in [6, 6.07) is 6.24. The van der Waals surface area contributed by atoms with Gasteiger partial charge in [-0.3, -0.25) is 4.79 Å². The van der Waals surface area contributed by atoms with Crippen LogP contribution in [0.3, 0.4) is 0 Å². The Labute approximate surface area is 165 Å². The average Bonchev–Trinajstić information content (AvgIpc) is 2.55. The van der Waals surface area contributed by atoms with Gasteiger partial charge in [0.1, 0.15) is 12.6 Å². The lowest BCUT2D eigenvalue weighted by molar-refractivity contribution is -0.127. The van der Waals surface area contributed by atoms with Crippen molar-refractivity contribution in [2.75, 3.05) is 33.7 Å². The van der Waals surface area contributed by atoms with E-state index in [1.807, 2.05) is 6.92 Å². The van der Waals surface area contributed by atoms with Crippen LogP contribution >= 0.6 is 24.0 Å². The number of carbonyl (C=O) groups excluding carboxylic acids is 1. The molecule has 0 aliphatic rings. The SMILES string of the molecule is C=CCNC(=NCC(=O)N(C)C)NCC(C)Oc1ccccc1F.I. The maximum atomic E-state index is 13.6. The summed E-state index contributed by atoms with van der Waals surface area (Å²) in [5.74, 6) is 0.158. The van der Waals surface area contributed by atoms with E-state index in [4.69, 9.17) is 4.74 Å². The molecule has 1 unspecified atom stereocenters. The largest absolute Gasteiger partial charge is 0.486 e. The maximum absolute atomic E-state index is 13.6. The molecule has 0 bridgehead atoms. The lowest BCUT2D eigenvalue weighted by Crippen LogP contribution is -2.42. The van der Waals surface area contributed by atoms with Gasteiger partial charge in [0.2, 0.25) is 5.91 Å². The molecule has 25 heavy (non-hydrogen) atoms. The predicted molar refractivity (Wildman–Crippen MR) is 109 cm³/mol. The van der Waals surface area contributed by atoms with Crippen molar-refractivity contribution in [3.8, 4) is 5.75 Å². The first-order valence-corrected chi connectivity index (χ1v) is 7.68. The molecule has 1 atom stereocenters. The molecule has 0 saturated heterocycles. The molecule has 140 valence electrons. The lowest BCUT2D eigenvalue weighted by atomic mass is 10.3. The van der Waals surface area contributed by atoms with E-state index in [-0.39, 0.29) is 48.3 Å². The third-order valence-electron chi connectivity index (χ3n) is 3.01. The van der Waals surface area contributed by atoms with Crippen LogP contribution in [-0.4, -0.2) is 56.6 Å². The summed E-state index contributed by atoms with van der Waals surface area (Å²) in [6.45, 7) is 6.38. The fraction of sp³-hybridized carbons (Fsp3) is 0.412. The van der Waals surface area contributed by atoms with Gasteiger partial charge in [-0.25, -0.2) is 9.38 Å². The minimum atomic E-state index is -0.403. The van der Waals surface area contributed by atoms with Gasteiger partial charge < -0.3 is 20.3 Å². The molecule has 1 amide bonds. The first kappa shape index (κ1) is 23.2. The van der Waals surface area contributed by atoms with E-state index in [1.165, 1.54) is 11.0 Å². The highest BCUT2D eigenvalue weighted by molar-refractivity contribution is 14.0. The Bertz CT molecular complexity index is 582. The summed E-state index contributed by atoms with van der Waals surface area (Å²) in [7, 11) is 3.35. The van der Waals surface area contributed by atoms with E-state index >= 15 is 0 Å². The van der Waals surface area contributed by atoms with Gasteiger partial charge in [0.25, 0.3) is 0 Å². The van der Waals surface area contributed by atoms with Crippen molar-refractivity contribution >= 4 is 35.8 Å². The van der Waals surface area contributed by atoms with Gasteiger partial charge in [-0.05, 0) is 19.1 Å². The summed E-state index contributed by atoms with van der Waals surface area (Å²) < 4.78 is 19.1. The number of nitrogens with zero attached hydrogens (tertiary/aromatic N) is 2. The smallest absolute Gasteiger partial charge is 0.243 e. The summed E-state index contributed by atoms with van der Waals surface area (Å²) in [4.78, 5) is 17.3. The minimum absolute atomic E-state index is 0. The Morgan fingerprint density at radius 2 is 2.08 bits per heavy atom. The maximum Gasteiger partial charge on any atom is 0.243 e. The molecule has 2 N–H and O–H groups in total. The Morgan fingerprint density at radius 3 is 2.68 bits per heavy atom.